The van der Waals surface area contributed by atoms with Gasteiger partial charge in [0.05, 0.1) is 43.7 Å². The molecule has 0 saturated carbocycles. The van der Waals surface area contributed by atoms with Crippen LogP contribution < -0.4 is 19.1 Å². The number of ketones is 1. The van der Waals surface area contributed by atoms with E-state index in [2.05, 4.69) is 4.98 Å². The van der Waals surface area contributed by atoms with E-state index in [0.717, 1.165) is 24.2 Å². The van der Waals surface area contributed by atoms with Crippen LogP contribution in [0.2, 0.25) is 0 Å². The summed E-state index contributed by atoms with van der Waals surface area (Å²) in [6, 6.07) is 10.7. The number of rotatable bonds is 13. The van der Waals surface area contributed by atoms with Gasteiger partial charge in [-0.05, 0) is 75.6 Å². The molecule has 1 saturated heterocycles. The molecule has 1 aromatic heterocycles. The zero-order valence-corrected chi connectivity index (χ0v) is 25.8. The number of nitrogens with zero attached hydrogens (tertiary/aromatic N) is 2. The fraction of sp³-hybridized carbons (Fsp3) is 0.375. The largest absolute Gasteiger partial charge is 0.507 e. The SMILES string of the molecule is CCCOc1ccc(C(O)=C2C(=O)C(=O)N(c3nc(C)c(C(=O)OCC)s3)C2c2ccc(OCCC)c(OCC)c2)cc1. The van der Waals surface area contributed by atoms with Crippen LogP contribution >= 0.6 is 11.3 Å². The number of amides is 1. The Bertz CT molecular complexity index is 1510. The summed E-state index contributed by atoms with van der Waals surface area (Å²) in [5, 5.41) is 11.6. The summed E-state index contributed by atoms with van der Waals surface area (Å²) in [6.07, 6.45) is 1.63. The molecule has 0 aliphatic carbocycles. The second-order valence-corrected chi connectivity index (χ2v) is 10.6. The molecular weight excluding hydrogens is 572 g/mol. The number of aliphatic hydroxyl groups is 1. The Morgan fingerprint density at radius 2 is 1.63 bits per heavy atom. The Morgan fingerprint density at radius 3 is 2.28 bits per heavy atom. The summed E-state index contributed by atoms with van der Waals surface area (Å²) >= 11 is 0.947. The van der Waals surface area contributed by atoms with Gasteiger partial charge < -0.3 is 24.1 Å². The molecule has 43 heavy (non-hydrogen) atoms. The van der Waals surface area contributed by atoms with Crippen LogP contribution in [-0.2, 0) is 14.3 Å². The molecule has 1 unspecified atom stereocenters. The number of thiazole rings is 1. The Balaban J connectivity index is 1.89. The number of hydrogen-bond donors (Lipinski definition) is 1. The van der Waals surface area contributed by atoms with Crippen molar-refractivity contribution in [3.8, 4) is 17.2 Å². The first-order chi connectivity index (χ1) is 20.7. The highest BCUT2D eigenvalue weighted by Crippen LogP contribution is 2.45. The lowest BCUT2D eigenvalue weighted by Gasteiger charge is -2.24. The van der Waals surface area contributed by atoms with Crippen LogP contribution in [0.3, 0.4) is 0 Å². The minimum atomic E-state index is -1.07. The van der Waals surface area contributed by atoms with Gasteiger partial charge in [0.2, 0.25) is 0 Å². The molecule has 1 amide bonds. The minimum absolute atomic E-state index is 0.123. The molecule has 10 nitrogen and oxygen atoms in total. The molecule has 0 spiro atoms. The molecule has 1 fully saturated rings. The van der Waals surface area contributed by atoms with Crippen LogP contribution in [-0.4, -0.2) is 54.2 Å². The van der Waals surface area contributed by atoms with Gasteiger partial charge in [-0.1, -0.05) is 31.3 Å². The number of hydrogen-bond acceptors (Lipinski definition) is 10. The molecule has 1 aliphatic rings. The summed E-state index contributed by atoms with van der Waals surface area (Å²) < 4.78 is 22.5. The van der Waals surface area contributed by atoms with E-state index in [1.165, 1.54) is 4.90 Å². The lowest BCUT2D eigenvalue weighted by molar-refractivity contribution is -0.132. The number of aromatic nitrogens is 1. The minimum Gasteiger partial charge on any atom is -0.507 e. The number of carbonyl (C=O) groups excluding carboxylic acids is 3. The number of carbonyl (C=O) groups is 3. The average molecular weight is 609 g/mol. The summed E-state index contributed by atoms with van der Waals surface area (Å²) in [6.45, 7) is 10.7. The molecule has 4 rings (SSSR count). The topological polar surface area (TPSA) is 124 Å². The van der Waals surface area contributed by atoms with Crippen molar-refractivity contribution in [2.75, 3.05) is 31.3 Å². The van der Waals surface area contributed by atoms with E-state index >= 15 is 0 Å². The van der Waals surface area contributed by atoms with Gasteiger partial charge in [-0.15, -0.1) is 0 Å². The molecule has 2 aromatic carbocycles. The van der Waals surface area contributed by atoms with Gasteiger partial charge in [0.1, 0.15) is 16.4 Å². The average Bonchev–Trinajstić information content (AvgIpc) is 3.51. The van der Waals surface area contributed by atoms with Crippen molar-refractivity contribution >= 4 is 39.9 Å². The van der Waals surface area contributed by atoms with Gasteiger partial charge in [0.15, 0.2) is 16.6 Å². The standard InChI is InChI=1S/C32H36N2O8S/c1-6-16-41-22-13-10-20(11-14-22)27(35)25-26(21-12-15-23(42-17-7-2)24(18-21)39-8-3)34(30(37)28(25)36)32-33-19(5)29(43-32)31(38)40-9-4/h10-15,18,26,35H,6-9,16-17H2,1-5H3. The van der Waals surface area contributed by atoms with Crippen molar-refractivity contribution in [3.63, 3.8) is 0 Å². The Labute approximate surface area is 254 Å². The fourth-order valence-corrected chi connectivity index (χ4v) is 5.58. The van der Waals surface area contributed by atoms with Crippen LogP contribution in [0.4, 0.5) is 5.13 Å². The van der Waals surface area contributed by atoms with E-state index in [1.807, 2.05) is 20.8 Å². The first kappa shape index (κ1) is 31.6. The van der Waals surface area contributed by atoms with Crippen LogP contribution in [0.25, 0.3) is 5.76 Å². The Kier molecular flexibility index (Phi) is 10.4. The number of benzene rings is 2. The maximum absolute atomic E-state index is 13.6. The highest BCUT2D eigenvalue weighted by Gasteiger charge is 2.48. The zero-order chi connectivity index (χ0) is 31.1. The summed E-state index contributed by atoms with van der Waals surface area (Å²) in [5.41, 5.74) is 1.06. The van der Waals surface area contributed by atoms with Crippen molar-refractivity contribution in [3.05, 3.63) is 69.7 Å². The highest BCUT2D eigenvalue weighted by atomic mass is 32.1. The van der Waals surface area contributed by atoms with Gasteiger partial charge in [-0.25, -0.2) is 9.78 Å². The highest BCUT2D eigenvalue weighted by molar-refractivity contribution is 7.17. The van der Waals surface area contributed by atoms with Gasteiger partial charge in [-0.2, -0.15) is 0 Å². The maximum Gasteiger partial charge on any atom is 0.350 e. The third-order valence-electron chi connectivity index (χ3n) is 6.54. The second-order valence-electron chi connectivity index (χ2n) is 9.66. The lowest BCUT2D eigenvalue weighted by atomic mass is 9.95. The normalized spacial score (nSPS) is 15.9. The summed E-state index contributed by atoms with van der Waals surface area (Å²) in [5.74, 6) is -1.13. The third-order valence-corrected chi connectivity index (χ3v) is 7.68. The van der Waals surface area contributed by atoms with E-state index < -0.39 is 23.7 Å². The molecule has 1 atom stereocenters. The van der Waals surface area contributed by atoms with Crippen LogP contribution in [0.5, 0.6) is 17.2 Å². The monoisotopic (exact) mass is 608 g/mol. The Morgan fingerprint density at radius 1 is 0.930 bits per heavy atom. The number of ether oxygens (including phenoxy) is 4. The molecule has 1 aliphatic heterocycles. The maximum atomic E-state index is 13.6. The van der Waals surface area contributed by atoms with E-state index in [1.54, 1.807) is 56.3 Å². The summed E-state index contributed by atoms with van der Waals surface area (Å²) in [7, 11) is 0. The Hall–Kier alpha value is -4.38. The smallest absolute Gasteiger partial charge is 0.350 e. The van der Waals surface area contributed by atoms with E-state index in [9.17, 15) is 19.5 Å². The fourth-order valence-electron chi connectivity index (χ4n) is 4.60. The van der Waals surface area contributed by atoms with Crippen molar-refractivity contribution in [2.45, 2.75) is 53.5 Å². The van der Waals surface area contributed by atoms with E-state index in [0.29, 0.717) is 53.9 Å². The van der Waals surface area contributed by atoms with Crippen molar-refractivity contribution in [1.29, 1.82) is 0 Å². The quantitative estimate of drug-likeness (QED) is 0.104. The third kappa shape index (κ3) is 6.67. The van der Waals surface area contributed by atoms with Gasteiger partial charge in [-0.3, -0.25) is 14.5 Å². The van der Waals surface area contributed by atoms with Gasteiger partial charge >= 0.3 is 11.9 Å². The molecular formula is C32H36N2O8S. The predicted octanol–water partition coefficient (Wildman–Crippen LogP) is 6.23. The van der Waals surface area contributed by atoms with E-state index in [-0.39, 0.29) is 27.9 Å². The van der Waals surface area contributed by atoms with Crippen molar-refractivity contribution in [2.24, 2.45) is 0 Å². The van der Waals surface area contributed by atoms with Crippen LogP contribution in [0, 0.1) is 6.92 Å². The first-order valence-electron chi connectivity index (χ1n) is 14.3. The summed E-state index contributed by atoms with van der Waals surface area (Å²) in [4.78, 5) is 45.8. The van der Waals surface area contributed by atoms with Crippen LogP contribution in [0.15, 0.2) is 48.0 Å². The lowest BCUT2D eigenvalue weighted by Crippen LogP contribution is -2.29. The molecule has 228 valence electrons. The molecule has 1 N–H and O–H groups in total. The van der Waals surface area contributed by atoms with Gasteiger partial charge in [0, 0.05) is 5.56 Å². The molecule has 11 heteroatoms. The number of esters is 1. The molecule has 2 heterocycles. The number of Topliss-reactive ketones (excluding diaryl/α,β-unsaturated/α-hetero) is 1. The number of anilines is 1. The second kappa shape index (κ2) is 14.2. The predicted molar refractivity (Wildman–Crippen MR) is 163 cm³/mol. The first-order valence-corrected chi connectivity index (χ1v) is 15.1. The van der Waals surface area contributed by atoms with Crippen molar-refractivity contribution < 1.29 is 38.4 Å². The number of aryl methyl sites for hydroxylation is 1. The van der Waals surface area contributed by atoms with Crippen LogP contribution in [0.1, 0.15) is 73.1 Å². The van der Waals surface area contributed by atoms with Gasteiger partial charge in [0.25, 0.3) is 5.78 Å². The van der Waals surface area contributed by atoms with E-state index in [4.69, 9.17) is 18.9 Å². The molecule has 0 bridgehead atoms. The molecule has 3 aromatic rings. The number of aliphatic hydroxyl groups excluding tert-OH is 1. The molecule has 0 radical (unpaired) electrons. The zero-order valence-electron chi connectivity index (χ0n) is 25.0. The van der Waals surface area contributed by atoms with Crippen molar-refractivity contribution in [1.82, 2.24) is 4.98 Å².